The molecule has 0 saturated carbocycles. The summed E-state index contributed by atoms with van der Waals surface area (Å²) in [5.41, 5.74) is 4.24. The van der Waals surface area contributed by atoms with E-state index >= 15 is 0 Å². The molecule has 8 heteroatoms. The van der Waals surface area contributed by atoms with E-state index in [-0.39, 0.29) is 24.3 Å². The minimum Gasteiger partial charge on any atom is -0.375 e. The molecule has 0 aliphatic rings. The molecule has 2 aromatic carbocycles. The number of benzene rings is 2. The quantitative estimate of drug-likeness (QED) is 0.390. The van der Waals surface area contributed by atoms with Crippen molar-refractivity contribution < 1.29 is 4.79 Å². The van der Waals surface area contributed by atoms with Gasteiger partial charge in [-0.25, -0.2) is 9.67 Å². The van der Waals surface area contributed by atoms with Crippen molar-refractivity contribution in [2.24, 2.45) is 7.05 Å². The number of fused-ring (bicyclic) bond motifs is 1. The predicted molar refractivity (Wildman–Crippen MR) is 135 cm³/mol. The van der Waals surface area contributed by atoms with Crippen LogP contribution in [0.25, 0.3) is 16.9 Å². The first-order valence-electron chi connectivity index (χ1n) is 11.5. The lowest BCUT2D eigenvalue weighted by molar-refractivity contribution is -0.121. The van der Waals surface area contributed by atoms with Gasteiger partial charge in [0.15, 0.2) is 5.65 Å². The van der Waals surface area contributed by atoms with Gasteiger partial charge >= 0.3 is 0 Å². The highest BCUT2D eigenvalue weighted by atomic mass is 16.1. The summed E-state index contributed by atoms with van der Waals surface area (Å²) in [5, 5.41) is 7.54. The van der Waals surface area contributed by atoms with Gasteiger partial charge in [-0.05, 0) is 37.6 Å². The van der Waals surface area contributed by atoms with Crippen molar-refractivity contribution in [2.45, 2.75) is 26.2 Å². The van der Waals surface area contributed by atoms with Crippen LogP contribution in [-0.2, 0) is 18.3 Å². The van der Waals surface area contributed by atoms with Crippen LogP contribution < -0.4 is 15.8 Å². The van der Waals surface area contributed by atoms with Crippen LogP contribution in [0.5, 0.6) is 0 Å². The van der Waals surface area contributed by atoms with Crippen molar-refractivity contribution in [2.75, 3.05) is 25.0 Å². The number of para-hydroxylation sites is 2. The van der Waals surface area contributed by atoms with E-state index in [0.29, 0.717) is 23.4 Å². The summed E-state index contributed by atoms with van der Waals surface area (Å²) in [7, 11) is 3.76. The van der Waals surface area contributed by atoms with Crippen LogP contribution in [0.3, 0.4) is 0 Å². The molecular weight excluding hydrogens is 428 g/mol. The average Bonchev–Trinajstić information content (AvgIpc) is 3.20. The predicted octanol–water partition coefficient (Wildman–Crippen LogP) is 3.00. The standard InChI is InChI=1S/C26H30N6O2/c1-19-24-25(32(29-19)21-13-8-5-9-14-21)31(3)26(34)22(28-24)15-16-23(33)27-17-10-18-30(2)20-11-6-4-7-12-20/h4-9,11-14H,10,15-18H2,1-3H3,(H,27,33). The molecule has 0 atom stereocenters. The number of rotatable bonds is 9. The van der Waals surface area contributed by atoms with Crippen molar-refractivity contribution in [3.63, 3.8) is 0 Å². The number of anilines is 1. The monoisotopic (exact) mass is 458 g/mol. The molecule has 1 N–H and O–H groups in total. The fourth-order valence-corrected chi connectivity index (χ4v) is 4.00. The number of carbonyl (C=O) groups is 1. The number of aromatic nitrogens is 4. The molecule has 0 aliphatic heterocycles. The van der Waals surface area contributed by atoms with Gasteiger partial charge in [-0.3, -0.25) is 14.2 Å². The molecule has 0 unspecified atom stereocenters. The Labute approximate surface area is 198 Å². The van der Waals surface area contributed by atoms with Crippen molar-refractivity contribution in [3.05, 3.63) is 82.4 Å². The summed E-state index contributed by atoms with van der Waals surface area (Å²) < 4.78 is 3.31. The number of aryl methyl sites for hydroxylation is 3. The number of hydrogen-bond acceptors (Lipinski definition) is 5. The summed E-state index contributed by atoms with van der Waals surface area (Å²) in [5.74, 6) is -0.0805. The fourth-order valence-electron chi connectivity index (χ4n) is 4.00. The highest BCUT2D eigenvalue weighted by Gasteiger charge is 2.18. The Kier molecular flexibility index (Phi) is 7.06. The molecule has 1 amide bonds. The fraction of sp³-hybridized carbons (Fsp3) is 0.308. The number of hydrogen-bond donors (Lipinski definition) is 1. The normalized spacial score (nSPS) is 11.0. The highest BCUT2D eigenvalue weighted by Crippen LogP contribution is 2.19. The molecule has 8 nitrogen and oxygen atoms in total. The van der Waals surface area contributed by atoms with E-state index in [4.69, 9.17) is 0 Å². The van der Waals surface area contributed by atoms with Gasteiger partial charge in [0.25, 0.3) is 5.56 Å². The molecular formula is C26H30N6O2. The third-order valence-electron chi connectivity index (χ3n) is 5.90. The van der Waals surface area contributed by atoms with E-state index in [1.165, 1.54) is 0 Å². The summed E-state index contributed by atoms with van der Waals surface area (Å²) >= 11 is 0. The minimum absolute atomic E-state index is 0.0805. The first-order valence-corrected chi connectivity index (χ1v) is 11.5. The van der Waals surface area contributed by atoms with Crippen LogP contribution >= 0.6 is 0 Å². The van der Waals surface area contributed by atoms with Crippen molar-refractivity contribution in [1.29, 1.82) is 0 Å². The smallest absolute Gasteiger partial charge is 0.273 e. The first kappa shape index (κ1) is 23.2. The zero-order valence-corrected chi connectivity index (χ0v) is 19.9. The maximum Gasteiger partial charge on any atom is 0.273 e. The van der Waals surface area contributed by atoms with Gasteiger partial charge in [-0.15, -0.1) is 0 Å². The van der Waals surface area contributed by atoms with Gasteiger partial charge in [0.05, 0.1) is 11.4 Å². The van der Waals surface area contributed by atoms with Crippen molar-refractivity contribution in [1.82, 2.24) is 24.6 Å². The number of nitrogens with zero attached hydrogens (tertiary/aromatic N) is 5. The van der Waals surface area contributed by atoms with Gasteiger partial charge in [-0.1, -0.05) is 36.4 Å². The molecule has 2 aromatic heterocycles. The topological polar surface area (TPSA) is 85.1 Å². The van der Waals surface area contributed by atoms with Gasteiger partial charge in [-0.2, -0.15) is 5.10 Å². The van der Waals surface area contributed by atoms with Gasteiger partial charge in [0.1, 0.15) is 11.2 Å². The van der Waals surface area contributed by atoms with E-state index in [1.807, 2.05) is 62.5 Å². The van der Waals surface area contributed by atoms with E-state index in [0.717, 1.165) is 30.0 Å². The van der Waals surface area contributed by atoms with Crippen molar-refractivity contribution in [3.8, 4) is 5.69 Å². The zero-order chi connectivity index (χ0) is 24.1. The lowest BCUT2D eigenvalue weighted by Gasteiger charge is -2.19. The first-order chi connectivity index (χ1) is 16.5. The van der Waals surface area contributed by atoms with Gasteiger partial charge in [0, 0.05) is 45.7 Å². The largest absolute Gasteiger partial charge is 0.375 e. The molecule has 4 rings (SSSR count). The van der Waals surface area contributed by atoms with Crippen LogP contribution in [-0.4, -0.2) is 45.4 Å². The SMILES string of the molecule is Cc1nn(-c2ccccc2)c2c1nc(CCC(=O)NCCCN(C)c1ccccc1)c(=O)n2C. The summed E-state index contributed by atoms with van der Waals surface area (Å²) in [6.45, 7) is 3.30. The molecule has 0 saturated heterocycles. The number of amides is 1. The molecule has 2 heterocycles. The number of carbonyl (C=O) groups excluding carboxylic acids is 1. The van der Waals surface area contributed by atoms with E-state index in [1.54, 1.807) is 16.3 Å². The maximum atomic E-state index is 13.0. The Hall–Kier alpha value is -3.94. The molecule has 34 heavy (non-hydrogen) atoms. The van der Waals surface area contributed by atoms with Crippen LogP contribution in [0.15, 0.2) is 65.5 Å². The Bertz CT molecular complexity index is 1330. The second kappa shape index (κ2) is 10.3. The molecule has 0 radical (unpaired) electrons. The van der Waals surface area contributed by atoms with Crippen LogP contribution in [0.4, 0.5) is 5.69 Å². The second-order valence-electron chi connectivity index (χ2n) is 8.39. The second-order valence-corrected chi connectivity index (χ2v) is 8.39. The average molecular weight is 459 g/mol. The Balaban J connectivity index is 1.37. The lowest BCUT2D eigenvalue weighted by Crippen LogP contribution is -2.30. The number of nitrogens with one attached hydrogen (secondary N) is 1. The Morgan fingerprint density at radius 1 is 1.06 bits per heavy atom. The van der Waals surface area contributed by atoms with Gasteiger partial charge in [0.2, 0.25) is 5.91 Å². The lowest BCUT2D eigenvalue weighted by atomic mass is 10.2. The third-order valence-corrected chi connectivity index (χ3v) is 5.90. The highest BCUT2D eigenvalue weighted by molar-refractivity contribution is 5.77. The Morgan fingerprint density at radius 3 is 2.44 bits per heavy atom. The van der Waals surface area contributed by atoms with E-state index < -0.39 is 0 Å². The van der Waals surface area contributed by atoms with Crippen LogP contribution in [0.2, 0.25) is 0 Å². The molecule has 0 aliphatic carbocycles. The Morgan fingerprint density at radius 2 is 1.74 bits per heavy atom. The van der Waals surface area contributed by atoms with Crippen molar-refractivity contribution >= 4 is 22.8 Å². The van der Waals surface area contributed by atoms with Crippen LogP contribution in [0.1, 0.15) is 24.2 Å². The van der Waals surface area contributed by atoms with E-state index in [9.17, 15) is 9.59 Å². The molecule has 0 bridgehead atoms. The maximum absolute atomic E-state index is 13.0. The molecule has 0 fully saturated rings. The molecule has 0 spiro atoms. The molecule has 176 valence electrons. The summed E-state index contributed by atoms with van der Waals surface area (Å²) in [6.07, 6.45) is 1.34. The van der Waals surface area contributed by atoms with Crippen LogP contribution in [0, 0.1) is 6.92 Å². The third kappa shape index (κ3) is 5.01. The zero-order valence-electron chi connectivity index (χ0n) is 19.9. The minimum atomic E-state index is -0.207. The van der Waals surface area contributed by atoms with E-state index in [2.05, 4.69) is 32.4 Å². The van der Waals surface area contributed by atoms with Gasteiger partial charge < -0.3 is 10.2 Å². The molecule has 4 aromatic rings. The summed E-state index contributed by atoms with van der Waals surface area (Å²) in [6, 6.07) is 19.8. The summed E-state index contributed by atoms with van der Waals surface area (Å²) in [4.78, 5) is 32.1.